The third kappa shape index (κ3) is 4.18. The Labute approximate surface area is 177 Å². The Hall–Kier alpha value is -2.71. The van der Waals surface area contributed by atoms with Crippen molar-refractivity contribution in [2.24, 2.45) is 4.99 Å². The fourth-order valence-corrected chi connectivity index (χ4v) is 4.39. The molecule has 1 fully saturated rings. The first kappa shape index (κ1) is 19.6. The number of aliphatic imine (C=N–C) groups is 1. The van der Waals surface area contributed by atoms with Gasteiger partial charge in [-0.15, -0.1) is 0 Å². The highest BCUT2D eigenvalue weighted by molar-refractivity contribution is 8.18. The summed E-state index contributed by atoms with van der Waals surface area (Å²) in [5.41, 5.74) is 0.765. The molecular weight excluding hydrogens is 412 g/mol. The van der Waals surface area contributed by atoms with Crippen molar-refractivity contribution in [3.8, 4) is 11.5 Å². The van der Waals surface area contributed by atoms with Crippen molar-refractivity contribution < 1.29 is 14.6 Å². The summed E-state index contributed by atoms with van der Waals surface area (Å²) >= 11 is 7.61. The van der Waals surface area contributed by atoms with Gasteiger partial charge in [0.25, 0.3) is 5.91 Å². The number of carbonyl (C=O) groups is 1. The van der Waals surface area contributed by atoms with Crippen molar-refractivity contribution >= 4 is 46.3 Å². The number of hydrogen-bond donors (Lipinski definition) is 1. The molecule has 1 saturated heterocycles. The fourth-order valence-electron chi connectivity index (χ4n) is 3.19. The molecule has 1 aromatic heterocycles. The Bertz CT molecular complexity index is 1000. The number of thioether (sulfide) groups is 1. The van der Waals surface area contributed by atoms with E-state index >= 15 is 0 Å². The summed E-state index contributed by atoms with van der Waals surface area (Å²) in [4.78, 5) is 25.7. The molecule has 4 rings (SSSR count). The first-order valence-electron chi connectivity index (χ1n) is 9.05. The minimum Gasteiger partial charge on any atom is -0.504 e. The van der Waals surface area contributed by atoms with Crippen LogP contribution in [0.1, 0.15) is 5.56 Å². The molecule has 0 radical (unpaired) electrons. The number of pyridine rings is 1. The average Bonchev–Trinajstić information content (AvgIpc) is 3.10. The third-order valence-electron chi connectivity index (χ3n) is 4.70. The Morgan fingerprint density at radius 2 is 1.97 bits per heavy atom. The zero-order valence-electron chi connectivity index (χ0n) is 15.7. The van der Waals surface area contributed by atoms with Crippen LogP contribution in [0.15, 0.2) is 46.4 Å². The highest BCUT2D eigenvalue weighted by Gasteiger charge is 2.29. The molecule has 2 aromatic rings. The number of piperazine rings is 1. The molecule has 0 unspecified atom stereocenters. The Kier molecular flexibility index (Phi) is 5.64. The molecule has 0 aliphatic carbocycles. The molecule has 29 heavy (non-hydrogen) atoms. The average molecular weight is 431 g/mol. The minimum absolute atomic E-state index is 0.0582. The first-order valence-corrected chi connectivity index (χ1v) is 10.2. The van der Waals surface area contributed by atoms with Crippen LogP contribution >= 0.6 is 23.4 Å². The van der Waals surface area contributed by atoms with E-state index in [4.69, 9.17) is 16.3 Å². The van der Waals surface area contributed by atoms with E-state index in [1.165, 1.54) is 18.9 Å². The van der Waals surface area contributed by atoms with Crippen molar-refractivity contribution in [1.82, 2.24) is 9.88 Å². The number of amidine groups is 1. The van der Waals surface area contributed by atoms with Gasteiger partial charge in [0.15, 0.2) is 16.7 Å². The lowest BCUT2D eigenvalue weighted by Gasteiger charge is -2.36. The smallest absolute Gasteiger partial charge is 0.286 e. The van der Waals surface area contributed by atoms with Crippen LogP contribution in [0.3, 0.4) is 0 Å². The van der Waals surface area contributed by atoms with Crippen molar-refractivity contribution in [3.63, 3.8) is 0 Å². The van der Waals surface area contributed by atoms with E-state index in [2.05, 4.69) is 19.8 Å². The fraction of sp³-hybridized carbons (Fsp3) is 0.250. The summed E-state index contributed by atoms with van der Waals surface area (Å²) in [6, 6.07) is 8.60. The van der Waals surface area contributed by atoms with E-state index < -0.39 is 0 Å². The Morgan fingerprint density at radius 1 is 1.21 bits per heavy atom. The highest BCUT2D eigenvalue weighted by atomic mass is 35.5. The molecule has 9 heteroatoms. The Morgan fingerprint density at radius 3 is 2.69 bits per heavy atom. The number of carbonyl (C=O) groups excluding carboxylic acids is 1. The number of nitrogens with zero attached hydrogens (tertiary/aromatic N) is 4. The van der Waals surface area contributed by atoms with E-state index in [9.17, 15) is 9.90 Å². The molecule has 0 bridgehead atoms. The lowest BCUT2D eigenvalue weighted by Crippen LogP contribution is -2.48. The van der Waals surface area contributed by atoms with Gasteiger partial charge in [0, 0.05) is 32.4 Å². The molecule has 7 nitrogen and oxygen atoms in total. The topological polar surface area (TPSA) is 78.3 Å². The summed E-state index contributed by atoms with van der Waals surface area (Å²) < 4.78 is 5.12. The first-order chi connectivity index (χ1) is 14.0. The van der Waals surface area contributed by atoms with Crippen molar-refractivity contribution in [3.05, 3.63) is 52.0 Å². The molecule has 1 aromatic carbocycles. The normalized spacial score (nSPS) is 18.3. The number of rotatable bonds is 3. The summed E-state index contributed by atoms with van der Waals surface area (Å²) in [6.45, 7) is 2.95. The van der Waals surface area contributed by atoms with Crippen LogP contribution in [0.25, 0.3) is 6.08 Å². The number of aromatic hydroxyl groups is 1. The molecule has 3 heterocycles. The van der Waals surface area contributed by atoms with Crippen LogP contribution in [0, 0.1) is 0 Å². The van der Waals surface area contributed by atoms with Crippen LogP contribution in [0.2, 0.25) is 5.02 Å². The highest BCUT2D eigenvalue weighted by Crippen LogP contribution is 2.33. The second-order valence-electron chi connectivity index (χ2n) is 6.52. The number of anilines is 1. The number of ether oxygens (including phenoxy) is 1. The monoisotopic (exact) mass is 430 g/mol. The number of methoxy groups -OCH3 is 1. The lowest BCUT2D eigenvalue weighted by molar-refractivity contribution is -0.113. The van der Waals surface area contributed by atoms with E-state index in [1.54, 1.807) is 30.5 Å². The van der Waals surface area contributed by atoms with Gasteiger partial charge >= 0.3 is 0 Å². The van der Waals surface area contributed by atoms with Gasteiger partial charge in [-0.2, -0.15) is 4.99 Å². The van der Waals surface area contributed by atoms with Gasteiger partial charge in [0.05, 0.1) is 17.0 Å². The van der Waals surface area contributed by atoms with Gasteiger partial charge in [-0.3, -0.25) is 4.79 Å². The van der Waals surface area contributed by atoms with E-state index in [0.29, 0.717) is 20.8 Å². The second-order valence-corrected chi connectivity index (χ2v) is 7.94. The maximum atomic E-state index is 12.4. The second kappa shape index (κ2) is 8.34. The van der Waals surface area contributed by atoms with Crippen molar-refractivity contribution in [2.75, 3.05) is 38.2 Å². The van der Waals surface area contributed by atoms with Crippen LogP contribution in [-0.4, -0.2) is 59.4 Å². The lowest BCUT2D eigenvalue weighted by atomic mass is 10.2. The van der Waals surface area contributed by atoms with Crippen LogP contribution < -0.4 is 9.64 Å². The quantitative estimate of drug-likeness (QED) is 0.749. The number of amides is 1. The van der Waals surface area contributed by atoms with Gasteiger partial charge in [-0.05, 0) is 47.7 Å². The molecule has 1 amide bonds. The van der Waals surface area contributed by atoms with Gasteiger partial charge < -0.3 is 19.6 Å². The van der Waals surface area contributed by atoms with Gasteiger partial charge in [-0.1, -0.05) is 17.7 Å². The number of benzene rings is 1. The van der Waals surface area contributed by atoms with E-state index in [1.807, 2.05) is 12.1 Å². The van der Waals surface area contributed by atoms with Gasteiger partial charge in [0.1, 0.15) is 5.82 Å². The predicted octanol–water partition coefficient (Wildman–Crippen LogP) is 3.24. The summed E-state index contributed by atoms with van der Waals surface area (Å²) in [5, 5.41) is 11.1. The largest absolute Gasteiger partial charge is 0.504 e. The molecule has 0 atom stereocenters. The van der Waals surface area contributed by atoms with Crippen molar-refractivity contribution in [1.29, 1.82) is 0 Å². The maximum Gasteiger partial charge on any atom is 0.286 e. The molecule has 2 aliphatic rings. The van der Waals surface area contributed by atoms with Crippen LogP contribution in [0.4, 0.5) is 5.82 Å². The summed E-state index contributed by atoms with van der Waals surface area (Å²) in [6.07, 6.45) is 3.49. The zero-order valence-corrected chi connectivity index (χ0v) is 17.3. The van der Waals surface area contributed by atoms with Gasteiger partial charge in [0.2, 0.25) is 0 Å². The van der Waals surface area contributed by atoms with Crippen LogP contribution in [-0.2, 0) is 4.79 Å². The number of hydrogen-bond acceptors (Lipinski definition) is 7. The molecular formula is C20H19ClN4O3S. The maximum absolute atomic E-state index is 12.4. The van der Waals surface area contributed by atoms with Gasteiger partial charge in [-0.25, -0.2) is 4.98 Å². The molecule has 0 spiro atoms. The summed E-state index contributed by atoms with van der Waals surface area (Å²) in [7, 11) is 1.49. The summed E-state index contributed by atoms with van der Waals surface area (Å²) in [5.74, 6) is 0.947. The van der Waals surface area contributed by atoms with E-state index in [-0.39, 0.29) is 11.7 Å². The van der Waals surface area contributed by atoms with E-state index in [0.717, 1.165) is 37.6 Å². The Balaban J connectivity index is 1.42. The minimum atomic E-state index is -0.257. The molecule has 0 saturated carbocycles. The van der Waals surface area contributed by atoms with Crippen molar-refractivity contribution in [2.45, 2.75) is 0 Å². The number of phenols is 1. The molecule has 1 N–H and O–H groups in total. The third-order valence-corrected chi connectivity index (χ3v) is 6.04. The number of phenolic OH excluding ortho intramolecular Hbond substituents is 1. The SMILES string of the molecule is COc1cc(C=C2SC(N3CCN(c4ncccc4Cl)CC3)=NC2=O)ccc1O. The predicted molar refractivity (Wildman–Crippen MR) is 116 cm³/mol. The molecule has 2 aliphatic heterocycles. The standard InChI is InChI=1S/C20H19ClN4O3S/c1-28-16-11-13(4-5-15(16)26)12-17-19(27)23-20(29-17)25-9-7-24(8-10-25)18-14(21)3-2-6-22-18/h2-6,11-12,26H,7-10H2,1H3. The zero-order chi connectivity index (χ0) is 20.4. The molecule has 150 valence electrons. The number of aromatic nitrogens is 1. The number of halogens is 1. The van der Waals surface area contributed by atoms with Crippen LogP contribution in [0.5, 0.6) is 11.5 Å².